The zero-order valence-corrected chi connectivity index (χ0v) is 17.8. The topological polar surface area (TPSA) is 62.5 Å². The lowest BCUT2D eigenvalue weighted by molar-refractivity contribution is -0.130. The molecule has 1 unspecified atom stereocenters. The molecule has 1 aromatic carbocycles. The van der Waals surface area contributed by atoms with E-state index in [2.05, 4.69) is 53.2 Å². The number of carbonyl (C=O) groups excluding carboxylic acids is 1. The normalized spacial score (nSPS) is 19.8. The van der Waals surface area contributed by atoms with E-state index in [9.17, 15) is 4.79 Å². The van der Waals surface area contributed by atoms with Crippen molar-refractivity contribution in [1.29, 1.82) is 0 Å². The molecule has 0 bridgehead atoms. The Kier molecular flexibility index (Phi) is 5.99. The van der Waals surface area contributed by atoms with Gasteiger partial charge in [-0.2, -0.15) is 4.98 Å². The average Bonchev–Trinajstić information content (AvgIpc) is 3.27. The van der Waals surface area contributed by atoms with Crippen molar-refractivity contribution in [3.63, 3.8) is 0 Å². The molecule has 1 aliphatic heterocycles. The van der Waals surface area contributed by atoms with Crippen molar-refractivity contribution < 1.29 is 9.32 Å². The Bertz CT molecular complexity index is 826. The van der Waals surface area contributed by atoms with Gasteiger partial charge in [-0.05, 0) is 36.3 Å². The molecule has 1 amide bonds. The van der Waals surface area contributed by atoms with Crippen LogP contribution in [0, 0.1) is 0 Å². The molecule has 2 fully saturated rings. The van der Waals surface area contributed by atoms with Crippen molar-refractivity contribution in [1.82, 2.24) is 19.9 Å². The third-order valence-electron chi connectivity index (χ3n) is 6.13. The molecule has 6 heteroatoms. The van der Waals surface area contributed by atoms with Crippen LogP contribution in [0.25, 0.3) is 0 Å². The number of nitrogens with zero attached hydrogens (tertiary/aromatic N) is 4. The lowest BCUT2D eigenvalue weighted by atomic mass is 10.0. The van der Waals surface area contributed by atoms with Crippen molar-refractivity contribution in [3.05, 3.63) is 47.1 Å². The van der Waals surface area contributed by atoms with Crippen molar-refractivity contribution in [2.75, 3.05) is 19.6 Å². The Morgan fingerprint density at radius 2 is 2.00 bits per heavy atom. The van der Waals surface area contributed by atoms with Gasteiger partial charge in [0.15, 0.2) is 5.82 Å². The zero-order chi connectivity index (χ0) is 20.4. The van der Waals surface area contributed by atoms with Crippen LogP contribution in [0.1, 0.15) is 74.7 Å². The molecule has 2 aromatic rings. The highest BCUT2D eigenvalue weighted by molar-refractivity contribution is 5.73. The third kappa shape index (κ3) is 5.04. The number of likely N-dealkylation sites (tertiary alicyclic amines) is 1. The Labute approximate surface area is 173 Å². The SMILES string of the molecule is CC(=O)N(CCc1noc(C2CC2)n1)C1CCN(Cc2ccc(C(C)C)cc2)C1. The van der Waals surface area contributed by atoms with Crippen LogP contribution in [0.2, 0.25) is 0 Å². The first-order valence-electron chi connectivity index (χ1n) is 10.9. The molecule has 0 N–H and O–H groups in total. The molecular weight excluding hydrogens is 364 g/mol. The Morgan fingerprint density at radius 1 is 1.24 bits per heavy atom. The second-order valence-corrected chi connectivity index (χ2v) is 8.86. The predicted molar refractivity (Wildman–Crippen MR) is 112 cm³/mol. The number of hydrogen-bond acceptors (Lipinski definition) is 5. The minimum absolute atomic E-state index is 0.129. The zero-order valence-electron chi connectivity index (χ0n) is 17.8. The fourth-order valence-corrected chi connectivity index (χ4v) is 4.16. The first kappa shape index (κ1) is 20.1. The summed E-state index contributed by atoms with van der Waals surface area (Å²) in [6, 6.07) is 9.20. The van der Waals surface area contributed by atoms with Crippen LogP contribution in [-0.4, -0.2) is 51.5 Å². The van der Waals surface area contributed by atoms with Crippen LogP contribution in [0.5, 0.6) is 0 Å². The molecule has 156 valence electrons. The molecule has 0 radical (unpaired) electrons. The van der Waals surface area contributed by atoms with E-state index < -0.39 is 0 Å². The van der Waals surface area contributed by atoms with E-state index in [4.69, 9.17) is 4.52 Å². The molecule has 1 aromatic heterocycles. The molecule has 1 atom stereocenters. The molecule has 0 spiro atoms. The summed E-state index contributed by atoms with van der Waals surface area (Å²) in [6.07, 6.45) is 3.98. The van der Waals surface area contributed by atoms with Crippen LogP contribution in [0.15, 0.2) is 28.8 Å². The maximum absolute atomic E-state index is 12.3. The van der Waals surface area contributed by atoms with Crippen molar-refractivity contribution in [2.24, 2.45) is 0 Å². The van der Waals surface area contributed by atoms with Gasteiger partial charge in [0.1, 0.15) is 0 Å². The Hall–Kier alpha value is -2.21. The fourth-order valence-electron chi connectivity index (χ4n) is 4.16. The predicted octanol–water partition coefficient (Wildman–Crippen LogP) is 3.74. The summed E-state index contributed by atoms with van der Waals surface area (Å²) in [5, 5.41) is 4.09. The van der Waals surface area contributed by atoms with Gasteiger partial charge >= 0.3 is 0 Å². The first-order valence-corrected chi connectivity index (χ1v) is 10.9. The molecule has 2 aliphatic rings. The monoisotopic (exact) mass is 396 g/mol. The van der Waals surface area contributed by atoms with E-state index >= 15 is 0 Å². The van der Waals surface area contributed by atoms with Crippen LogP contribution in [0.3, 0.4) is 0 Å². The number of hydrogen-bond donors (Lipinski definition) is 0. The molecule has 1 aliphatic carbocycles. The van der Waals surface area contributed by atoms with Gasteiger partial charge < -0.3 is 9.42 Å². The van der Waals surface area contributed by atoms with Crippen LogP contribution in [0.4, 0.5) is 0 Å². The maximum Gasteiger partial charge on any atom is 0.229 e. The number of benzene rings is 1. The molecular formula is C23H32N4O2. The summed E-state index contributed by atoms with van der Waals surface area (Å²) < 4.78 is 5.34. The number of aromatic nitrogens is 2. The number of rotatable bonds is 8. The summed E-state index contributed by atoms with van der Waals surface area (Å²) in [7, 11) is 0. The average molecular weight is 397 g/mol. The van der Waals surface area contributed by atoms with Gasteiger partial charge in [-0.3, -0.25) is 9.69 Å². The molecule has 4 rings (SSSR count). The summed E-state index contributed by atoms with van der Waals surface area (Å²) in [5.41, 5.74) is 2.71. The van der Waals surface area contributed by atoms with Gasteiger partial charge in [0.05, 0.1) is 0 Å². The van der Waals surface area contributed by atoms with Gasteiger partial charge in [0, 0.05) is 51.5 Å². The largest absolute Gasteiger partial charge is 0.339 e. The maximum atomic E-state index is 12.3. The van der Waals surface area contributed by atoms with Gasteiger partial charge in [-0.15, -0.1) is 0 Å². The van der Waals surface area contributed by atoms with E-state index in [1.807, 2.05) is 4.90 Å². The lowest BCUT2D eigenvalue weighted by Crippen LogP contribution is -2.42. The number of carbonyl (C=O) groups is 1. The van der Waals surface area contributed by atoms with Crippen molar-refractivity contribution >= 4 is 5.91 Å². The smallest absolute Gasteiger partial charge is 0.229 e. The highest BCUT2D eigenvalue weighted by Gasteiger charge is 2.31. The van der Waals surface area contributed by atoms with Crippen LogP contribution >= 0.6 is 0 Å². The highest BCUT2D eigenvalue weighted by atomic mass is 16.5. The molecule has 2 heterocycles. The summed E-state index contributed by atoms with van der Waals surface area (Å²) in [5.74, 6) is 2.65. The summed E-state index contributed by atoms with van der Waals surface area (Å²) >= 11 is 0. The highest BCUT2D eigenvalue weighted by Crippen LogP contribution is 2.38. The van der Waals surface area contributed by atoms with Crippen LogP contribution in [-0.2, 0) is 17.8 Å². The van der Waals surface area contributed by atoms with Crippen molar-refractivity contribution in [3.8, 4) is 0 Å². The Balaban J connectivity index is 1.30. The van der Waals surface area contributed by atoms with E-state index in [1.54, 1.807) is 6.92 Å². The second-order valence-electron chi connectivity index (χ2n) is 8.86. The van der Waals surface area contributed by atoms with E-state index in [-0.39, 0.29) is 11.9 Å². The minimum atomic E-state index is 0.129. The Morgan fingerprint density at radius 3 is 2.66 bits per heavy atom. The molecule has 1 saturated carbocycles. The fraction of sp³-hybridized carbons (Fsp3) is 0.609. The lowest BCUT2D eigenvalue weighted by Gasteiger charge is -2.28. The third-order valence-corrected chi connectivity index (χ3v) is 6.13. The van der Waals surface area contributed by atoms with E-state index in [0.29, 0.717) is 24.8 Å². The molecule has 6 nitrogen and oxygen atoms in total. The summed E-state index contributed by atoms with van der Waals surface area (Å²) in [6.45, 7) is 9.64. The van der Waals surface area contributed by atoms with E-state index in [0.717, 1.165) is 50.6 Å². The number of amides is 1. The van der Waals surface area contributed by atoms with E-state index in [1.165, 1.54) is 11.1 Å². The van der Waals surface area contributed by atoms with Gasteiger partial charge in [-0.25, -0.2) is 0 Å². The quantitative estimate of drug-likeness (QED) is 0.680. The van der Waals surface area contributed by atoms with Gasteiger partial charge in [0.2, 0.25) is 11.8 Å². The molecule has 1 saturated heterocycles. The van der Waals surface area contributed by atoms with Gasteiger partial charge in [0.25, 0.3) is 0 Å². The summed E-state index contributed by atoms with van der Waals surface area (Å²) in [4.78, 5) is 21.2. The van der Waals surface area contributed by atoms with Crippen LogP contribution < -0.4 is 0 Å². The first-order chi connectivity index (χ1) is 14.0. The van der Waals surface area contributed by atoms with Crippen molar-refractivity contribution in [2.45, 2.75) is 70.9 Å². The standard InChI is InChI=1S/C23H32N4O2/c1-16(2)19-6-4-18(5-7-19)14-26-12-10-21(15-26)27(17(3)28)13-11-22-24-23(29-25-22)20-8-9-20/h4-7,16,20-21H,8-15H2,1-3H3. The molecule has 29 heavy (non-hydrogen) atoms. The van der Waals surface area contributed by atoms with Gasteiger partial charge in [-0.1, -0.05) is 43.3 Å². The second kappa shape index (κ2) is 8.66. The minimum Gasteiger partial charge on any atom is -0.339 e.